The Hall–Kier alpha value is -1.39. The van der Waals surface area contributed by atoms with Gasteiger partial charge in [-0.1, -0.05) is 30.3 Å². The number of nitrogens with one attached hydrogen (secondary N) is 1. The van der Waals surface area contributed by atoms with Gasteiger partial charge in [-0.15, -0.1) is 0 Å². The number of hydrogen-bond acceptors (Lipinski definition) is 3. The molecule has 0 atom stereocenters. The van der Waals surface area contributed by atoms with Crippen molar-refractivity contribution in [3.8, 4) is 0 Å². The Morgan fingerprint density at radius 2 is 1.82 bits per heavy atom. The minimum absolute atomic E-state index is 0.295. The van der Waals surface area contributed by atoms with E-state index in [1.54, 1.807) is 14.2 Å². The highest BCUT2D eigenvalue weighted by molar-refractivity contribution is 5.81. The van der Waals surface area contributed by atoms with E-state index in [-0.39, 0.29) is 6.29 Å². The Morgan fingerprint density at radius 3 is 2.35 bits per heavy atom. The van der Waals surface area contributed by atoms with E-state index < -0.39 is 0 Å². The van der Waals surface area contributed by atoms with E-state index in [4.69, 9.17) is 14.9 Å². The van der Waals surface area contributed by atoms with E-state index in [0.717, 1.165) is 5.56 Å². The Labute approximate surface area is 103 Å². The normalized spacial score (nSPS) is 10.6. The summed E-state index contributed by atoms with van der Waals surface area (Å²) < 4.78 is 10.2. The third kappa shape index (κ3) is 4.54. The molecule has 0 aromatic heterocycles. The minimum Gasteiger partial charge on any atom is -0.358 e. The van der Waals surface area contributed by atoms with Crippen LogP contribution in [0, 0.1) is 5.41 Å². The van der Waals surface area contributed by atoms with E-state index in [1.165, 1.54) is 0 Å². The zero-order valence-electron chi connectivity index (χ0n) is 10.6. The zero-order chi connectivity index (χ0) is 12.7. The second kappa shape index (κ2) is 7.04. The minimum atomic E-state index is -0.295. The molecule has 0 heterocycles. The molecular formula is C13H20N2O2. The summed E-state index contributed by atoms with van der Waals surface area (Å²) in [7, 11) is 5.07. The van der Waals surface area contributed by atoms with E-state index >= 15 is 0 Å². The average Bonchev–Trinajstić information content (AvgIpc) is 2.36. The highest BCUT2D eigenvalue weighted by atomic mass is 16.7. The van der Waals surface area contributed by atoms with Crippen molar-refractivity contribution in [2.24, 2.45) is 0 Å². The van der Waals surface area contributed by atoms with Crippen molar-refractivity contribution in [3.05, 3.63) is 35.9 Å². The van der Waals surface area contributed by atoms with Crippen molar-refractivity contribution in [1.82, 2.24) is 4.90 Å². The van der Waals surface area contributed by atoms with Gasteiger partial charge in [0.2, 0.25) is 0 Å². The maximum atomic E-state index is 7.99. The Bertz CT molecular complexity index is 337. The SMILES string of the molecule is COC(CN(C)C(=N)Cc1ccccc1)OC. The first-order chi connectivity index (χ1) is 8.17. The number of ether oxygens (including phenoxy) is 2. The van der Waals surface area contributed by atoms with Crippen LogP contribution in [0.5, 0.6) is 0 Å². The van der Waals surface area contributed by atoms with Gasteiger partial charge in [-0.25, -0.2) is 0 Å². The van der Waals surface area contributed by atoms with Gasteiger partial charge in [0.25, 0.3) is 0 Å². The summed E-state index contributed by atoms with van der Waals surface area (Å²) in [4.78, 5) is 1.84. The quantitative estimate of drug-likeness (QED) is 0.465. The van der Waals surface area contributed by atoms with Crippen molar-refractivity contribution in [2.75, 3.05) is 27.8 Å². The predicted octanol–water partition coefficient (Wildman–Crippen LogP) is 1.76. The van der Waals surface area contributed by atoms with Gasteiger partial charge in [0, 0.05) is 27.7 Å². The van der Waals surface area contributed by atoms with Crippen molar-refractivity contribution in [2.45, 2.75) is 12.7 Å². The summed E-state index contributed by atoms with van der Waals surface area (Å²) >= 11 is 0. The third-order valence-electron chi connectivity index (χ3n) is 2.62. The highest BCUT2D eigenvalue weighted by Gasteiger charge is 2.12. The van der Waals surface area contributed by atoms with Crippen molar-refractivity contribution < 1.29 is 9.47 Å². The number of methoxy groups -OCH3 is 2. The molecule has 17 heavy (non-hydrogen) atoms. The number of likely N-dealkylation sites (N-methyl/N-ethyl adjacent to an activating group) is 1. The first-order valence-electron chi connectivity index (χ1n) is 5.55. The largest absolute Gasteiger partial charge is 0.358 e. The molecule has 0 fully saturated rings. The molecule has 0 saturated heterocycles. The van der Waals surface area contributed by atoms with E-state index in [1.807, 2.05) is 42.3 Å². The Kier molecular flexibility index (Phi) is 5.66. The van der Waals surface area contributed by atoms with Crippen LogP contribution in [0.4, 0.5) is 0 Å². The average molecular weight is 236 g/mol. The van der Waals surface area contributed by atoms with Crippen molar-refractivity contribution in [1.29, 1.82) is 5.41 Å². The van der Waals surface area contributed by atoms with Gasteiger partial charge < -0.3 is 14.4 Å². The fraction of sp³-hybridized carbons (Fsp3) is 0.462. The van der Waals surface area contributed by atoms with Crippen LogP contribution in [-0.4, -0.2) is 44.8 Å². The molecule has 0 spiro atoms. The van der Waals surface area contributed by atoms with Crippen LogP contribution in [0.2, 0.25) is 0 Å². The molecule has 1 aromatic carbocycles. The predicted molar refractivity (Wildman–Crippen MR) is 68.3 cm³/mol. The monoisotopic (exact) mass is 236 g/mol. The molecule has 1 rings (SSSR count). The maximum absolute atomic E-state index is 7.99. The smallest absolute Gasteiger partial charge is 0.174 e. The fourth-order valence-electron chi connectivity index (χ4n) is 1.50. The standard InChI is InChI=1S/C13H20N2O2/c1-15(10-13(16-2)17-3)12(14)9-11-7-5-4-6-8-11/h4-8,13-14H,9-10H2,1-3H3. The lowest BCUT2D eigenvalue weighted by Gasteiger charge is -2.24. The maximum Gasteiger partial charge on any atom is 0.174 e. The van der Waals surface area contributed by atoms with Gasteiger partial charge in [0.05, 0.1) is 6.54 Å². The van der Waals surface area contributed by atoms with Crippen LogP contribution in [0.15, 0.2) is 30.3 Å². The molecule has 0 aliphatic heterocycles. The Balaban J connectivity index is 2.47. The fourth-order valence-corrected chi connectivity index (χ4v) is 1.50. The van der Waals surface area contributed by atoms with Gasteiger partial charge in [0.1, 0.15) is 5.84 Å². The molecule has 0 amide bonds. The van der Waals surface area contributed by atoms with Crippen molar-refractivity contribution in [3.63, 3.8) is 0 Å². The molecule has 1 N–H and O–H groups in total. The van der Waals surface area contributed by atoms with E-state index in [9.17, 15) is 0 Å². The summed E-state index contributed by atoms with van der Waals surface area (Å²) in [6.07, 6.45) is 0.327. The summed E-state index contributed by atoms with van der Waals surface area (Å²) in [5.41, 5.74) is 1.13. The number of benzene rings is 1. The van der Waals surface area contributed by atoms with Crippen LogP contribution in [0.3, 0.4) is 0 Å². The van der Waals surface area contributed by atoms with Gasteiger partial charge in [-0.2, -0.15) is 0 Å². The molecule has 0 unspecified atom stereocenters. The van der Waals surface area contributed by atoms with Crippen LogP contribution >= 0.6 is 0 Å². The molecule has 0 aliphatic carbocycles. The summed E-state index contributed by atoms with van der Waals surface area (Å²) in [6.45, 7) is 0.554. The third-order valence-corrected chi connectivity index (χ3v) is 2.62. The van der Waals surface area contributed by atoms with Gasteiger partial charge in [0.15, 0.2) is 6.29 Å². The lowest BCUT2D eigenvalue weighted by atomic mass is 10.1. The van der Waals surface area contributed by atoms with Crippen LogP contribution in [-0.2, 0) is 15.9 Å². The van der Waals surface area contributed by atoms with Crippen LogP contribution < -0.4 is 0 Å². The van der Waals surface area contributed by atoms with Crippen molar-refractivity contribution >= 4 is 5.84 Å². The second-order valence-electron chi connectivity index (χ2n) is 3.89. The number of nitrogens with zero attached hydrogens (tertiary/aromatic N) is 1. The lowest BCUT2D eigenvalue weighted by Crippen LogP contribution is -2.36. The topological polar surface area (TPSA) is 45.5 Å². The van der Waals surface area contributed by atoms with E-state index in [0.29, 0.717) is 18.8 Å². The molecule has 0 saturated carbocycles. The summed E-state index contributed by atoms with van der Waals surface area (Å²) in [5, 5.41) is 7.99. The molecule has 4 nitrogen and oxygen atoms in total. The molecule has 0 aliphatic rings. The summed E-state index contributed by atoms with van der Waals surface area (Å²) in [5.74, 6) is 0.551. The zero-order valence-corrected chi connectivity index (χ0v) is 10.6. The van der Waals surface area contributed by atoms with Gasteiger partial charge in [-0.05, 0) is 5.56 Å². The molecule has 94 valence electrons. The van der Waals surface area contributed by atoms with Gasteiger partial charge in [-0.3, -0.25) is 5.41 Å². The number of amidine groups is 1. The molecule has 0 bridgehead atoms. The van der Waals surface area contributed by atoms with E-state index in [2.05, 4.69) is 0 Å². The lowest BCUT2D eigenvalue weighted by molar-refractivity contribution is -0.107. The molecule has 1 aromatic rings. The van der Waals surface area contributed by atoms with Crippen LogP contribution in [0.1, 0.15) is 5.56 Å². The Morgan fingerprint density at radius 1 is 1.24 bits per heavy atom. The van der Waals surface area contributed by atoms with Crippen LogP contribution in [0.25, 0.3) is 0 Å². The molecule has 4 heteroatoms. The van der Waals surface area contributed by atoms with Gasteiger partial charge >= 0.3 is 0 Å². The number of hydrogen-bond donors (Lipinski definition) is 1. The first kappa shape index (κ1) is 13.7. The number of rotatable bonds is 6. The molecular weight excluding hydrogens is 216 g/mol. The first-order valence-corrected chi connectivity index (χ1v) is 5.55. The summed E-state index contributed by atoms with van der Waals surface area (Å²) in [6, 6.07) is 9.98. The second-order valence-corrected chi connectivity index (χ2v) is 3.89. The molecule has 0 radical (unpaired) electrons. The highest BCUT2D eigenvalue weighted by Crippen LogP contribution is 2.03.